The standard InChI is InChI=1S/C12H22N4O/c1-13-11-4-5-17-9-12(11)15(2)7-10-6-14-16(3)8-10/h6,8,11-13H,4-5,7,9H2,1-3H3. The zero-order valence-corrected chi connectivity index (χ0v) is 10.9. The highest BCUT2D eigenvalue weighted by Crippen LogP contribution is 2.15. The van der Waals surface area contributed by atoms with E-state index in [1.54, 1.807) is 0 Å². The normalized spacial score (nSPS) is 25.4. The van der Waals surface area contributed by atoms with E-state index in [4.69, 9.17) is 4.74 Å². The molecule has 0 saturated carbocycles. The second kappa shape index (κ2) is 5.62. The smallest absolute Gasteiger partial charge is 0.0637 e. The summed E-state index contributed by atoms with van der Waals surface area (Å²) in [6, 6.07) is 0.958. The van der Waals surface area contributed by atoms with Gasteiger partial charge < -0.3 is 10.1 Å². The Labute approximate surface area is 103 Å². The molecular weight excluding hydrogens is 216 g/mol. The largest absolute Gasteiger partial charge is 0.380 e. The third-order valence-electron chi connectivity index (χ3n) is 3.45. The molecule has 1 aliphatic rings. The van der Waals surface area contributed by atoms with Crippen molar-refractivity contribution in [3.63, 3.8) is 0 Å². The van der Waals surface area contributed by atoms with Crippen molar-refractivity contribution in [2.24, 2.45) is 7.05 Å². The first kappa shape index (κ1) is 12.5. The SMILES string of the molecule is CNC1CCOCC1N(C)Cc1cnn(C)c1. The molecule has 0 aromatic carbocycles. The summed E-state index contributed by atoms with van der Waals surface area (Å²) < 4.78 is 7.42. The Balaban J connectivity index is 1.95. The first-order valence-corrected chi connectivity index (χ1v) is 6.13. The number of rotatable bonds is 4. The molecule has 2 atom stereocenters. The third-order valence-corrected chi connectivity index (χ3v) is 3.45. The maximum absolute atomic E-state index is 5.58. The molecule has 17 heavy (non-hydrogen) atoms. The summed E-state index contributed by atoms with van der Waals surface area (Å²) in [7, 11) is 6.13. The van der Waals surface area contributed by atoms with Crippen LogP contribution in [-0.2, 0) is 18.3 Å². The monoisotopic (exact) mass is 238 g/mol. The summed E-state index contributed by atoms with van der Waals surface area (Å²) in [5.74, 6) is 0. The van der Waals surface area contributed by atoms with Crippen LogP contribution in [0.5, 0.6) is 0 Å². The van der Waals surface area contributed by atoms with Crippen molar-refractivity contribution >= 4 is 0 Å². The predicted octanol–water partition coefficient (Wildman–Crippen LogP) is 0.229. The fourth-order valence-electron chi connectivity index (χ4n) is 2.45. The summed E-state index contributed by atoms with van der Waals surface area (Å²) in [6.07, 6.45) is 5.07. The summed E-state index contributed by atoms with van der Waals surface area (Å²) in [5, 5.41) is 7.58. The Morgan fingerprint density at radius 1 is 1.65 bits per heavy atom. The summed E-state index contributed by atoms with van der Waals surface area (Å²) in [5.41, 5.74) is 1.25. The maximum atomic E-state index is 5.58. The molecule has 1 fully saturated rings. The number of hydrogen-bond donors (Lipinski definition) is 1. The van der Waals surface area contributed by atoms with E-state index in [2.05, 4.69) is 28.6 Å². The molecule has 1 aromatic rings. The van der Waals surface area contributed by atoms with Crippen molar-refractivity contribution in [2.75, 3.05) is 27.3 Å². The maximum Gasteiger partial charge on any atom is 0.0637 e. The van der Waals surface area contributed by atoms with Gasteiger partial charge in [0.05, 0.1) is 12.8 Å². The molecule has 2 heterocycles. The lowest BCUT2D eigenvalue weighted by Gasteiger charge is -2.37. The van der Waals surface area contributed by atoms with Gasteiger partial charge in [-0.25, -0.2) is 0 Å². The molecule has 2 unspecified atom stereocenters. The topological polar surface area (TPSA) is 42.3 Å². The molecule has 1 aromatic heterocycles. The number of nitrogens with zero attached hydrogens (tertiary/aromatic N) is 3. The molecule has 1 saturated heterocycles. The van der Waals surface area contributed by atoms with Gasteiger partial charge in [-0.05, 0) is 20.5 Å². The molecule has 1 aliphatic heterocycles. The van der Waals surface area contributed by atoms with Gasteiger partial charge in [0.15, 0.2) is 0 Å². The van der Waals surface area contributed by atoms with Gasteiger partial charge in [-0.15, -0.1) is 0 Å². The molecule has 5 heteroatoms. The summed E-state index contributed by atoms with van der Waals surface area (Å²) in [4.78, 5) is 2.34. The first-order valence-electron chi connectivity index (χ1n) is 6.13. The van der Waals surface area contributed by atoms with Crippen molar-refractivity contribution in [1.29, 1.82) is 0 Å². The second-order valence-electron chi connectivity index (χ2n) is 4.76. The quantitative estimate of drug-likeness (QED) is 0.815. The number of hydrogen-bond acceptors (Lipinski definition) is 4. The van der Waals surface area contributed by atoms with Gasteiger partial charge in [0, 0.05) is 44.0 Å². The van der Waals surface area contributed by atoms with E-state index in [1.165, 1.54) is 5.56 Å². The number of aromatic nitrogens is 2. The fourth-order valence-corrected chi connectivity index (χ4v) is 2.45. The van der Waals surface area contributed by atoms with Gasteiger partial charge in [0.2, 0.25) is 0 Å². The van der Waals surface area contributed by atoms with E-state index in [0.29, 0.717) is 12.1 Å². The van der Waals surface area contributed by atoms with Crippen LogP contribution in [0.25, 0.3) is 0 Å². The molecule has 0 bridgehead atoms. The van der Waals surface area contributed by atoms with E-state index in [-0.39, 0.29) is 0 Å². The Bertz CT molecular complexity index is 352. The van der Waals surface area contributed by atoms with Gasteiger partial charge in [0.25, 0.3) is 0 Å². The minimum Gasteiger partial charge on any atom is -0.380 e. The molecule has 5 nitrogen and oxygen atoms in total. The van der Waals surface area contributed by atoms with Crippen LogP contribution < -0.4 is 5.32 Å². The average molecular weight is 238 g/mol. The molecule has 96 valence electrons. The van der Waals surface area contributed by atoms with Crippen molar-refractivity contribution < 1.29 is 4.74 Å². The van der Waals surface area contributed by atoms with Gasteiger partial charge in [-0.2, -0.15) is 5.10 Å². The van der Waals surface area contributed by atoms with Crippen LogP contribution in [0.4, 0.5) is 0 Å². The fraction of sp³-hybridized carbons (Fsp3) is 0.750. The first-order chi connectivity index (χ1) is 8.20. The van der Waals surface area contributed by atoms with Crippen LogP contribution in [0.1, 0.15) is 12.0 Å². The zero-order valence-electron chi connectivity index (χ0n) is 10.9. The molecule has 0 spiro atoms. The number of aryl methyl sites for hydroxylation is 1. The van der Waals surface area contributed by atoms with E-state index in [1.807, 2.05) is 25.0 Å². The molecule has 0 amide bonds. The van der Waals surface area contributed by atoms with Crippen LogP contribution in [0.3, 0.4) is 0 Å². The van der Waals surface area contributed by atoms with E-state index >= 15 is 0 Å². The van der Waals surface area contributed by atoms with E-state index < -0.39 is 0 Å². The van der Waals surface area contributed by atoms with Gasteiger partial charge in [-0.3, -0.25) is 9.58 Å². The third kappa shape index (κ3) is 3.06. The van der Waals surface area contributed by atoms with Gasteiger partial charge in [0.1, 0.15) is 0 Å². The lowest BCUT2D eigenvalue weighted by Crippen LogP contribution is -2.52. The predicted molar refractivity (Wildman–Crippen MR) is 66.7 cm³/mol. The summed E-state index contributed by atoms with van der Waals surface area (Å²) in [6.45, 7) is 2.59. The average Bonchev–Trinajstić information content (AvgIpc) is 2.74. The van der Waals surface area contributed by atoms with Crippen LogP contribution in [-0.4, -0.2) is 54.1 Å². The second-order valence-corrected chi connectivity index (χ2v) is 4.76. The zero-order chi connectivity index (χ0) is 12.3. The summed E-state index contributed by atoms with van der Waals surface area (Å²) >= 11 is 0. The van der Waals surface area contributed by atoms with Crippen molar-refractivity contribution in [1.82, 2.24) is 20.0 Å². The Kier molecular flexibility index (Phi) is 4.15. The molecule has 0 aliphatic carbocycles. The lowest BCUT2D eigenvalue weighted by atomic mass is 10.0. The lowest BCUT2D eigenvalue weighted by molar-refractivity contribution is 0.00523. The molecular formula is C12H22N4O. The highest BCUT2D eigenvalue weighted by Gasteiger charge is 2.27. The van der Waals surface area contributed by atoms with Gasteiger partial charge in [-0.1, -0.05) is 0 Å². The van der Waals surface area contributed by atoms with Crippen molar-refractivity contribution in [3.8, 4) is 0 Å². The van der Waals surface area contributed by atoms with Crippen LogP contribution in [0.15, 0.2) is 12.4 Å². The Morgan fingerprint density at radius 2 is 2.47 bits per heavy atom. The Morgan fingerprint density at radius 3 is 3.12 bits per heavy atom. The van der Waals surface area contributed by atoms with Crippen LogP contribution in [0, 0.1) is 0 Å². The highest BCUT2D eigenvalue weighted by molar-refractivity contribution is 5.04. The van der Waals surface area contributed by atoms with Crippen molar-refractivity contribution in [2.45, 2.75) is 25.0 Å². The van der Waals surface area contributed by atoms with Gasteiger partial charge >= 0.3 is 0 Å². The van der Waals surface area contributed by atoms with E-state index in [9.17, 15) is 0 Å². The minimum atomic E-state index is 0.439. The van der Waals surface area contributed by atoms with Crippen LogP contribution in [0.2, 0.25) is 0 Å². The molecule has 0 radical (unpaired) electrons. The van der Waals surface area contributed by atoms with Crippen LogP contribution >= 0.6 is 0 Å². The highest BCUT2D eigenvalue weighted by atomic mass is 16.5. The number of ether oxygens (including phenoxy) is 1. The van der Waals surface area contributed by atoms with E-state index in [0.717, 1.165) is 26.2 Å². The molecule has 2 rings (SSSR count). The minimum absolute atomic E-state index is 0.439. The Hall–Kier alpha value is -0.910. The number of likely N-dealkylation sites (N-methyl/N-ethyl adjacent to an activating group) is 2. The molecule has 1 N–H and O–H groups in total. The number of nitrogens with one attached hydrogen (secondary N) is 1. The van der Waals surface area contributed by atoms with Crippen molar-refractivity contribution in [3.05, 3.63) is 18.0 Å².